The van der Waals surface area contributed by atoms with Crippen LogP contribution in [0.2, 0.25) is 5.15 Å². The van der Waals surface area contributed by atoms with Gasteiger partial charge in [-0.2, -0.15) is 0 Å². The number of amides is 1. The molecule has 4 nitrogen and oxygen atoms in total. The van der Waals surface area contributed by atoms with E-state index in [1.54, 1.807) is 6.07 Å². The van der Waals surface area contributed by atoms with Gasteiger partial charge in [-0.1, -0.05) is 25.4 Å². The van der Waals surface area contributed by atoms with Crippen LogP contribution in [0.25, 0.3) is 0 Å². The second kappa shape index (κ2) is 5.37. The van der Waals surface area contributed by atoms with Gasteiger partial charge in [0.2, 0.25) is 0 Å². The van der Waals surface area contributed by atoms with E-state index >= 15 is 0 Å². The van der Waals surface area contributed by atoms with Crippen molar-refractivity contribution in [3.63, 3.8) is 0 Å². The van der Waals surface area contributed by atoms with Gasteiger partial charge in [-0.3, -0.25) is 4.79 Å². The summed E-state index contributed by atoms with van der Waals surface area (Å²) in [4.78, 5) is 18.3. The number of halogens is 1. The van der Waals surface area contributed by atoms with Crippen LogP contribution < -0.4 is 5.73 Å². The molecule has 2 rings (SSSR count). The zero-order valence-corrected chi connectivity index (χ0v) is 12.2. The molecule has 0 aromatic carbocycles. The average molecular weight is 282 g/mol. The lowest BCUT2D eigenvalue weighted by Gasteiger charge is -2.26. The first-order valence-electron chi connectivity index (χ1n) is 6.71. The Morgan fingerprint density at radius 1 is 1.53 bits per heavy atom. The number of nitrogens with zero attached hydrogens (tertiary/aromatic N) is 2. The second-order valence-electron chi connectivity index (χ2n) is 5.28. The minimum atomic E-state index is -0.0365. The fraction of sp³-hybridized carbons (Fsp3) is 0.571. The molecule has 2 N–H and O–H groups in total. The number of hydrogen-bond acceptors (Lipinski definition) is 3. The molecule has 0 radical (unpaired) electrons. The summed E-state index contributed by atoms with van der Waals surface area (Å²) in [5, 5.41) is 0.300. The standard InChI is InChI=1S/C14H20ClN3O/c1-3-14(4-2)5-6-18(9-14)13(19)10-7-12(15)17-8-11(10)16/h7-8H,3-6,9,16H2,1-2H3. The Balaban J connectivity index is 2.20. The molecular weight excluding hydrogens is 262 g/mol. The summed E-state index contributed by atoms with van der Waals surface area (Å²) in [5.74, 6) is -0.0365. The molecule has 0 unspecified atom stereocenters. The lowest BCUT2D eigenvalue weighted by molar-refractivity contribution is 0.0771. The normalized spacial score (nSPS) is 17.7. The molecule has 1 saturated heterocycles. The molecular formula is C14H20ClN3O. The molecule has 0 saturated carbocycles. The van der Waals surface area contributed by atoms with Gasteiger partial charge in [0.25, 0.3) is 5.91 Å². The van der Waals surface area contributed by atoms with Crippen molar-refractivity contribution >= 4 is 23.2 Å². The van der Waals surface area contributed by atoms with E-state index in [9.17, 15) is 4.79 Å². The van der Waals surface area contributed by atoms with Crippen molar-refractivity contribution in [1.82, 2.24) is 9.88 Å². The van der Waals surface area contributed by atoms with Crippen molar-refractivity contribution in [2.24, 2.45) is 5.41 Å². The molecule has 5 heteroatoms. The molecule has 0 atom stereocenters. The minimum absolute atomic E-state index is 0.0365. The van der Waals surface area contributed by atoms with Crippen molar-refractivity contribution in [3.05, 3.63) is 23.0 Å². The smallest absolute Gasteiger partial charge is 0.256 e. The first kappa shape index (κ1) is 14.1. The number of carbonyl (C=O) groups is 1. The molecule has 0 bridgehead atoms. The lowest BCUT2D eigenvalue weighted by atomic mass is 9.82. The number of rotatable bonds is 3. The monoisotopic (exact) mass is 281 g/mol. The highest BCUT2D eigenvalue weighted by Crippen LogP contribution is 2.37. The minimum Gasteiger partial charge on any atom is -0.397 e. The van der Waals surface area contributed by atoms with E-state index in [1.165, 1.54) is 6.20 Å². The van der Waals surface area contributed by atoms with E-state index in [0.29, 0.717) is 16.4 Å². The third-order valence-electron chi connectivity index (χ3n) is 4.36. The Kier molecular flexibility index (Phi) is 3.99. The molecule has 0 spiro atoms. The molecule has 104 valence electrons. The van der Waals surface area contributed by atoms with Crippen LogP contribution in [-0.2, 0) is 0 Å². The van der Waals surface area contributed by atoms with Gasteiger partial charge in [0.1, 0.15) is 5.15 Å². The Morgan fingerprint density at radius 2 is 2.21 bits per heavy atom. The Labute approximate surface area is 118 Å². The first-order valence-corrected chi connectivity index (χ1v) is 7.09. The van der Waals surface area contributed by atoms with Gasteiger partial charge in [0.05, 0.1) is 17.4 Å². The number of carbonyl (C=O) groups excluding carboxylic acids is 1. The summed E-state index contributed by atoms with van der Waals surface area (Å²) >= 11 is 5.84. The summed E-state index contributed by atoms with van der Waals surface area (Å²) in [5.41, 5.74) is 6.94. The van der Waals surface area contributed by atoms with Gasteiger partial charge in [-0.25, -0.2) is 4.98 Å². The summed E-state index contributed by atoms with van der Waals surface area (Å²) in [7, 11) is 0. The number of nitrogen functional groups attached to an aromatic ring is 1. The number of nitrogens with two attached hydrogens (primary N) is 1. The van der Waals surface area contributed by atoms with Crippen LogP contribution in [0, 0.1) is 5.41 Å². The van der Waals surface area contributed by atoms with Crippen LogP contribution in [0.15, 0.2) is 12.3 Å². The third kappa shape index (κ3) is 2.68. The lowest BCUT2D eigenvalue weighted by Crippen LogP contribution is -2.32. The summed E-state index contributed by atoms with van der Waals surface area (Å²) in [6.45, 7) is 5.97. The Morgan fingerprint density at radius 3 is 2.79 bits per heavy atom. The van der Waals surface area contributed by atoms with Crippen molar-refractivity contribution in [3.8, 4) is 0 Å². The van der Waals surface area contributed by atoms with Crippen molar-refractivity contribution in [2.75, 3.05) is 18.8 Å². The van der Waals surface area contributed by atoms with E-state index in [0.717, 1.165) is 32.4 Å². The van der Waals surface area contributed by atoms with Crippen LogP contribution in [-0.4, -0.2) is 28.9 Å². The van der Waals surface area contributed by atoms with Crippen molar-refractivity contribution < 1.29 is 4.79 Å². The van der Waals surface area contributed by atoms with Gasteiger partial charge in [0, 0.05) is 13.1 Å². The quantitative estimate of drug-likeness (QED) is 0.867. The topological polar surface area (TPSA) is 59.2 Å². The number of aromatic nitrogens is 1. The second-order valence-corrected chi connectivity index (χ2v) is 5.67. The molecule has 0 aliphatic carbocycles. The van der Waals surface area contributed by atoms with Gasteiger partial charge in [-0.15, -0.1) is 0 Å². The van der Waals surface area contributed by atoms with Gasteiger partial charge in [0.15, 0.2) is 0 Å². The first-order chi connectivity index (χ1) is 9.01. The van der Waals surface area contributed by atoms with Crippen LogP contribution in [0.4, 0.5) is 5.69 Å². The molecule has 1 fully saturated rings. The van der Waals surface area contributed by atoms with Crippen LogP contribution in [0.1, 0.15) is 43.5 Å². The molecule has 1 aromatic rings. The zero-order chi connectivity index (χ0) is 14.0. The predicted molar refractivity (Wildman–Crippen MR) is 77.2 cm³/mol. The average Bonchev–Trinajstić information content (AvgIpc) is 2.86. The molecule has 2 heterocycles. The molecule has 1 aromatic heterocycles. The fourth-order valence-electron chi connectivity index (χ4n) is 2.73. The van der Waals surface area contributed by atoms with E-state index in [2.05, 4.69) is 18.8 Å². The van der Waals surface area contributed by atoms with Crippen LogP contribution in [0.5, 0.6) is 0 Å². The van der Waals surface area contributed by atoms with Gasteiger partial charge in [-0.05, 0) is 30.7 Å². The van der Waals surface area contributed by atoms with Crippen molar-refractivity contribution in [1.29, 1.82) is 0 Å². The summed E-state index contributed by atoms with van der Waals surface area (Å²) in [6, 6.07) is 1.55. The number of pyridine rings is 1. The maximum atomic E-state index is 12.5. The summed E-state index contributed by atoms with van der Waals surface area (Å²) < 4.78 is 0. The number of anilines is 1. The van der Waals surface area contributed by atoms with E-state index in [4.69, 9.17) is 17.3 Å². The fourth-order valence-corrected chi connectivity index (χ4v) is 2.89. The predicted octanol–water partition coefficient (Wildman–Crippen LogP) is 2.97. The van der Waals surface area contributed by atoms with Gasteiger partial charge >= 0.3 is 0 Å². The number of hydrogen-bond donors (Lipinski definition) is 1. The SMILES string of the molecule is CCC1(CC)CCN(C(=O)c2cc(Cl)ncc2N)C1. The molecule has 19 heavy (non-hydrogen) atoms. The largest absolute Gasteiger partial charge is 0.397 e. The zero-order valence-electron chi connectivity index (χ0n) is 11.4. The molecule has 1 amide bonds. The molecule has 1 aliphatic rings. The highest BCUT2D eigenvalue weighted by atomic mass is 35.5. The Hall–Kier alpha value is -1.29. The summed E-state index contributed by atoms with van der Waals surface area (Å²) in [6.07, 6.45) is 4.70. The molecule has 1 aliphatic heterocycles. The van der Waals surface area contributed by atoms with E-state index in [1.807, 2.05) is 4.90 Å². The van der Waals surface area contributed by atoms with Crippen LogP contribution >= 0.6 is 11.6 Å². The van der Waals surface area contributed by atoms with E-state index < -0.39 is 0 Å². The van der Waals surface area contributed by atoms with Crippen molar-refractivity contribution in [2.45, 2.75) is 33.1 Å². The third-order valence-corrected chi connectivity index (χ3v) is 4.56. The highest BCUT2D eigenvalue weighted by molar-refractivity contribution is 6.29. The Bertz CT molecular complexity index is 486. The maximum absolute atomic E-state index is 12.5. The number of likely N-dealkylation sites (tertiary alicyclic amines) is 1. The maximum Gasteiger partial charge on any atom is 0.256 e. The van der Waals surface area contributed by atoms with E-state index in [-0.39, 0.29) is 11.3 Å². The highest BCUT2D eigenvalue weighted by Gasteiger charge is 2.37. The van der Waals surface area contributed by atoms with Gasteiger partial charge < -0.3 is 10.6 Å². The van der Waals surface area contributed by atoms with Crippen LogP contribution in [0.3, 0.4) is 0 Å².